The number of hydrogen-bond acceptors (Lipinski definition) is 6. The third-order valence-corrected chi connectivity index (χ3v) is 6.32. The van der Waals surface area contributed by atoms with E-state index in [-0.39, 0.29) is 18.3 Å². The lowest BCUT2D eigenvalue weighted by Gasteiger charge is -2.34. The van der Waals surface area contributed by atoms with Gasteiger partial charge in [-0.05, 0) is 43.5 Å². The Hall–Kier alpha value is -3.06. The third kappa shape index (κ3) is 4.42. The van der Waals surface area contributed by atoms with Crippen LogP contribution in [0.25, 0.3) is 11.1 Å². The van der Waals surface area contributed by atoms with Gasteiger partial charge in [-0.2, -0.15) is 0 Å². The molecule has 2 aromatic rings. The van der Waals surface area contributed by atoms with E-state index in [0.29, 0.717) is 56.4 Å². The van der Waals surface area contributed by atoms with Gasteiger partial charge in [0.1, 0.15) is 6.61 Å². The number of Topliss-reactive ketones (excluding diaryl/α,β-unsaturated/α-hetero) is 1. The molecule has 0 N–H and O–H groups in total. The van der Waals surface area contributed by atoms with Gasteiger partial charge in [-0.1, -0.05) is 18.2 Å². The number of hydrogen-bond donors (Lipinski definition) is 0. The Morgan fingerprint density at radius 1 is 0.970 bits per heavy atom. The molecule has 0 aromatic heterocycles. The lowest BCUT2D eigenvalue weighted by Crippen LogP contribution is -2.48. The quantitative estimate of drug-likeness (QED) is 0.636. The number of amides is 1. The largest absolute Gasteiger partial charge is 0.493 e. The smallest absolute Gasteiger partial charge is 0.231 e. The van der Waals surface area contributed by atoms with Crippen molar-refractivity contribution in [2.24, 2.45) is 5.41 Å². The van der Waals surface area contributed by atoms with Crippen molar-refractivity contribution in [3.63, 3.8) is 0 Å². The molecule has 0 atom stereocenters. The molecule has 1 heterocycles. The van der Waals surface area contributed by atoms with Crippen molar-refractivity contribution in [1.82, 2.24) is 4.90 Å². The normalized spacial score (nSPS) is 15.9. The zero-order valence-electron chi connectivity index (χ0n) is 19.7. The van der Waals surface area contributed by atoms with Crippen molar-refractivity contribution >= 4 is 11.7 Å². The standard InChI is InChI=1S/C26H31NO6/c1-26(2,25(29)27-12-14-32-15-13-27)16-33-23-20(9-11-22(30-3)24(23)31-4)17-6-5-7-19-18(17)8-10-21(19)28/h5-7,9,11H,8,10,12-16H2,1-4H3. The van der Waals surface area contributed by atoms with Crippen LogP contribution in [0.5, 0.6) is 17.2 Å². The van der Waals surface area contributed by atoms with E-state index >= 15 is 0 Å². The minimum Gasteiger partial charge on any atom is -0.493 e. The molecule has 0 radical (unpaired) electrons. The molecule has 1 saturated heterocycles. The second kappa shape index (κ2) is 9.43. The minimum absolute atomic E-state index is 0.0282. The second-order valence-corrected chi connectivity index (χ2v) is 9.01. The first-order valence-electron chi connectivity index (χ1n) is 11.3. The van der Waals surface area contributed by atoms with E-state index < -0.39 is 5.41 Å². The molecule has 7 heteroatoms. The van der Waals surface area contributed by atoms with Gasteiger partial charge in [0.05, 0.1) is 32.8 Å². The molecule has 33 heavy (non-hydrogen) atoms. The number of carbonyl (C=O) groups excluding carboxylic acids is 2. The zero-order chi connectivity index (χ0) is 23.6. The van der Waals surface area contributed by atoms with Gasteiger partial charge in [-0.15, -0.1) is 0 Å². The van der Waals surface area contributed by atoms with E-state index in [9.17, 15) is 9.59 Å². The van der Waals surface area contributed by atoms with Gasteiger partial charge in [-0.25, -0.2) is 0 Å². The molecule has 1 amide bonds. The molecule has 7 nitrogen and oxygen atoms in total. The number of ketones is 1. The average Bonchev–Trinajstić information content (AvgIpc) is 3.23. The van der Waals surface area contributed by atoms with Crippen LogP contribution >= 0.6 is 0 Å². The molecular weight excluding hydrogens is 422 g/mol. The molecule has 176 valence electrons. The van der Waals surface area contributed by atoms with Crippen LogP contribution in [0.4, 0.5) is 0 Å². The molecule has 2 aliphatic rings. The summed E-state index contributed by atoms with van der Waals surface area (Å²) in [6.07, 6.45) is 1.20. The summed E-state index contributed by atoms with van der Waals surface area (Å²) < 4.78 is 22.9. The number of fused-ring (bicyclic) bond motifs is 1. The van der Waals surface area contributed by atoms with Crippen LogP contribution < -0.4 is 14.2 Å². The monoisotopic (exact) mass is 453 g/mol. The molecular formula is C26H31NO6. The van der Waals surface area contributed by atoms with Crippen LogP contribution in [0, 0.1) is 5.41 Å². The van der Waals surface area contributed by atoms with E-state index in [0.717, 1.165) is 22.3 Å². The number of benzene rings is 2. The lowest BCUT2D eigenvalue weighted by molar-refractivity contribution is -0.146. The van der Waals surface area contributed by atoms with Crippen molar-refractivity contribution in [3.05, 3.63) is 41.5 Å². The van der Waals surface area contributed by atoms with Crippen molar-refractivity contribution in [1.29, 1.82) is 0 Å². The summed E-state index contributed by atoms with van der Waals surface area (Å²) in [6.45, 7) is 6.20. The van der Waals surface area contributed by atoms with E-state index in [4.69, 9.17) is 18.9 Å². The number of ether oxygens (including phenoxy) is 4. The topological polar surface area (TPSA) is 74.3 Å². The van der Waals surface area contributed by atoms with Gasteiger partial charge in [0.2, 0.25) is 11.7 Å². The van der Waals surface area contributed by atoms with Gasteiger partial charge >= 0.3 is 0 Å². The Balaban J connectivity index is 1.70. The van der Waals surface area contributed by atoms with Crippen molar-refractivity contribution in [2.75, 3.05) is 47.1 Å². The first kappa shape index (κ1) is 23.1. The summed E-state index contributed by atoms with van der Waals surface area (Å²) in [5.74, 6) is 1.70. The van der Waals surface area contributed by atoms with Gasteiger partial charge in [0, 0.05) is 30.6 Å². The Labute approximate surface area is 194 Å². The summed E-state index contributed by atoms with van der Waals surface area (Å²) in [6, 6.07) is 9.52. The SMILES string of the molecule is COc1ccc(-c2cccc3c2CCC3=O)c(OCC(C)(C)C(=O)N2CCOCC2)c1OC. The summed E-state index contributed by atoms with van der Waals surface area (Å²) >= 11 is 0. The van der Waals surface area contributed by atoms with Gasteiger partial charge in [0.15, 0.2) is 17.3 Å². The van der Waals surface area contributed by atoms with Crippen molar-refractivity contribution < 1.29 is 28.5 Å². The number of methoxy groups -OCH3 is 2. The molecule has 1 aliphatic carbocycles. The van der Waals surface area contributed by atoms with E-state index in [1.54, 1.807) is 14.2 Å². The zero-order valence-corrected chi connectivity index (χ0v) is 19.7. The maximum atomic E-state index is 13.2. The Morgan fingerprint density at radius 2 is 1.70 bits per heavy atom. The van der Waals surface area contributed by atoms with Gasteiger partial charge < -0.3 is 23.8 Å². The molecule has 0 bridgehead atoms. The Bertz CT molecular complexity index is 1050. The molecule has 1 aliphatic heterocycles. The molecule has 0 spiro atoms. The first-order valence-corrected chi connectivity index (χ1v) is 11.3. The van der Waals surface area contributed by atoms with E-state index in [1.165, 1.54) is 0 Å². The fraction of sp³-hybridized carbons (Fsp3) is 0.462. The first-order chi connectivity index (χ1) is 15.9. The van der Waals surface area contributed by atoms with Crippen LogP contribution in [0.2, 0.25) is 0 Å². The number of morpholine rings is 1. The number of rotatable bonds is 7. The Morgan fingerprint density at radius 3 is 2.39 bits per heavy atom. The van der Waals surface area contributed by atoms with Crippen molar-refractivity contribution in [2.45, 2.75) is 26.7 Å². The lowest BCUT2D eigenvalue weighted by atomic mass is 9.92. The summed E-state index contributed by atoms with van der Waals surface area (Å²) in [4.78, 5) is 27.3. The fourth-order valence-corrected chi connectivity index (χ4v) is 4.51. The predicted octanol–water partition coefficient (Wildman–Crippen LogP) is 3.76. The second-order valence-electron chi connectivity index (χ2n) is 9.01. The molecule has 2 aromatic carbocycles. The van der Waals surface area contributed by atoms with Crippen LogP contribution in [-0.4, -0.2) is 63.7 Å². The third-order valence-electron chi connectivity index (χ3n) is 6.32. The predicted molar refractivity (Wildman–Crippen MR) is 124 cm³/mol. The highest BCUT2D eigenvalue weighted by Gasteiger charge is 2.35. The highest BCUT2D eigenvalue weighted by Crippen LogP contribution is 2.47. The minimum atomic E-state index is -0.753. The number of carbonyl (C=O) groups is 2. The molecule has 0 saturated carbocycles. The molecule has 4 rings (SSSR count). The van der Waals surface area contributed by atoms with Crippen LogP contribution in [0.15, 0.2) is 30.3 Å². The maximum Gasteiger partial charge on any atom is 0.231 e. The van der Waals surface area contributed by atoms with Crippen LogP contribution in [0.1, 0.15) is 36.2 Å². The van der Waals surface area contributed by atoms with Gasteiger partial charge in [-0.3, -0.25) is 9.59 Å². The molecule has 0 unspecified atom stereocenters. The summed E-state index contributed by atoms with van der Waals surface area (Å²) in [5.41, 5.74) is 2.77. The highest BCUT2D eigenvalue weighted by atomic mass is 16.5. The summed E-state index contributed by atoms with van der Waals surface area (Å²) in [5, 5.41) is 0. The van der Waals surface area contributed by atoms with Crippen molar-refractivity contribution in [3.8, 4) is 28.4 Å². The van der Waals surface area contributed by atoms with Crippen LogP contribution in [-0.2, 0) is 16.0 Å². The van der Waals surface area contributed by atoms with Crippen LogP contribution in [0.3, 0.4) is 0 Å². The Kier molecular flexibility index (Phi) is 6.61. The van der Waals surface area contributed by atoms with E-state index in [1.807, 2.05) is 49.1 Å². The fourth-order valence-electron chi connectivity index (χ4n) is 4.51. The molecule has 1 fully saturated rings. The maximum absolute atomic E-state index is 13.2. The highest BCUT2D eigenvalue weighted by molar-refractivity contribution is 6.02. The van der Waals surface area contributed by atoms with Gasteiger partial charge in [0.25, 0.3) is 0 Å². The van der Waals surface area contributed by atoms with E-state index in [2.05, 4.69) is 0 Å². The average molecular weight is 454 g/mol. The summed E-state index contributed by atoms with van der Waals surface area (Å²) in [7, 11) is 3.14. The number of nitrogens with zero attached hydrogens (tertiary/aromatic N) is 1.